The zero-order valence-corrected chi connectivity index (χ0v) is 17.1. The molecule has 154 valence electrons. The Hall–Kier alpha value is -3.17. The third-order valence-electron chi connectivity index (χ3n) is 4.63. The van der Waals surface area contributed by atoms with E-state index in [2.05, 4.69) is 20.3 Å². The number of fused-ring (bicyclic) bond motifs is 1. The molecule has 0 radical (unpaired) electrons. The molecule has 0 fully saturated rings. The van der Waals surface area contributed by atoms with Crippen LogP contribution in [0.2, 0.25) is 0 Å². The normalized spacial score (nSPS) is 22.3. The highest BCUT2D eigenvalue weighted by molar-refractivity contribution is 5.70. The first kappa shape index (κ1) is 14.8. The Bertz CT molecular complexity index is 1300. The quantitative estimate of drug-likeness (QED) is 0.507. The van der Waals surface area contributed by atoms with E-state index in [9.17, 15) is 0 Å². The minimum Gasteiger partial charge on any atom is -0.502 e. The van der Waals surface area contributed by atoms with Gasteiger partial charge in [-0.25, -0.2) is 4.85 Å². The van der Waals surface area contributed by atoms with Gasteiger partial charge >= 0.3 is 0 Å². The standard InChI is InChI=1S/C24H26N4O2/c1-5-13-26-20-11-10-17-18(20)7-6-8-19(17)23-27-24(30-28-23)16-9-12-22(29-15(2)3)21(14-16)25-4/h6-9,12,14-15,20,26H,5,10-11,13H2,1-3H3/t20-/m0/s1/i11D2,13D2,20D. The molecule has 4 rings (SSSR count). The molecule has 6 heteroatoms. The number of ether oxygens (including phenoxy) is 1. The summed E-state index contributed by atoms with van der Waals surface area (Å²) in [5.41, 5.74) is 2.25. The van der Waals surface area contributed by atoms with Crippen LogP contribution in [-0.2, 0) is 6.42 Å². The minimum atomic E-state index is -2.07. The van der Waals surface area contributed by atoms with E-state index < -0.39 is 18.9 Å². The SMILES string of the molecule is [2H]C([2H])(CC)N[C@]1([2H])c2cccc(-c3noc(-c4ccc(OC(C)C)c([N+]#[C-])c4)n3)c2CC1([2H])[2H]. The topological polar surface area (TPSA) is 64.5 Å². The minimum absolute atomic E-state index is 0.0797. The first-order valence-corrected chi connectivity index (χ1v) is 9.85. The van der Waals surface area contributed by atoms with Gasteiger partial charge in [0, 0.05) is 22.6 Å². The van der Waals surface area contributed by atoms with Gasteiger partial charge in [0.15, 0.2) is 0 Å². The molecule has 0 saturated carbocycles. The molecule has 1 atom stereocenters. The maximum atomic E-state index is 8.91. The van der Waals surface area contributed by atoms with Gasteiger partial charge < -0.3 is 14.6 Å². The first-order chi connectivity index (χ1) is 16.4. The largest absolute Gasteiger partial charge is 0.502 e. The number of aromatic nitrogens is 2. The Kier molecular flexibility index (Phi) is 4.27. The molecule has 0 unspecified atom stereocenters. The monoisotopic (exact) mass is 407 g/mol. The lowest BCUT2D eigenvalue weighted by Gasteiger charge is -2.13. The molecule has 1 aliphatic carbocycles. The second-order valence-corrected chi connectivity index (χ2v) is 7.10. The molecule has 0 saturated heterocycles. The number of nitrogens with zero attached hydrogens (tertiary/aromatic N) is 3. The van der Waals surface area contributed by atoms with Crippen LogP contribution in [0.1, 0.15) is 57.6 Å². The molecule has 0 aliphatic heterocycles. The van der Waals surface area contributed by atoms with Crippen molar-refractivity contribution in [1.82, 2.24) is 15.5 Å². The summed E-state index contributed by atoms with van der Waals surface area (Å²) in [5, 5.41) is 6.67. The summed E-state index contributed by atoms with van der Waals surface area (Å²) >= 11 is 0. The summed E-state index contributed by atoms with van der Waals surface area (Å²) in [6.45, 7) is 10.9. The van der Waals surface area contributed by atoms with E-state index >= 15 is 0 Å². The van der Waals surface area contributed by atoms with Crippen LogP contribution in [0.15, 0.2) is 40.9 Å². The van der Waals surface area contributed by atoms with Gasteiger partial charge in [0.1, 0.15) is 5.75 Å². The number of nitrogens with one attached hydrogen (secondary N) is 1. The Morgan fingerprint density at radius 2 is 2.30 bits per heavy atom. The van der Waals surface area contributed by atoms with Gasteiger partial charge in [-0.3, -0.25) is 0 Å². The van der Waals surface area contributed by atoms with Crippen LogP contribution in [0.5, 0.6) is 5.75 Å². The number of hydrogen-bond acceptors (Lipinski definition) is 5. The lowest BCUT2D eigenvalue weighted by Crippen LogP contribution is -2.19. The summed E-state index contributed by atoms with van der Waals surface area (Å²) in [5.74, 6) is 0.882. The first-order valence-electron chi connectivity index (χ1n) is 12.3. The summed E-state index contributed by atoms with van der Waals surface area (Å²) < 4.78 is 53.3. The zero-order chi connectivity index (χ0) is 25.6. The molecule has 1 N–H and O–H groups in total. The van der Waals surface area contributed by atoms with Gasteiger partial charge in [0.2, 0.25) is 11.5 Å². The summed E-state index contributed by atoms with van der Waals surface area (Å²) in [6, 6.07) is 8.07. The van der Waals surface area contributed by atoms with Crippen molar-refractivity contribution in [2.75, 3.05) is 6.50 Å². The van der Waals surface area contributed by atoms with E-state index in [0.29, 0.717) is 33.7 Å². The van der Waals surface area contributed by atoms with Crippen molar-refractivity contribution >= 4 is 5.69 Å². The maximum Gasteiger partial charge on any atom is 0.256 e. The fraction of sp³-hybridized carbons (Fsp3) is 0.375. The zero-order valence-electron chi connectivity index (χ0n) is 22.1. The molecule has 1 aliphatic rings. The molecule has 1 heterocycles. The Morgan fingerprint density at radius 3 is 3.07 bits per heavy atom. The van der Waals surface area contributed by atoms with Crippen LogP contribution in [0.4, 0.5) is 5.69 Å². The number of hydrogen-bond donors (Lipinski definition) is 1. The Balaban J connectivity index is 1.73. The smallest absolute Gasteiger partial charge is 0.256 e. The van der Waals surface area contributed by atoms with Crippen molar-refractivity contribution in [3.63, 3.8) is 0 Å². The lowest BCUT2D eigenvalue weighted by molar-refractivity contribution is 0.244. The van der Waals surface area contributed by atoms with Gasteiger partial charge in [-0.05, 0) is 68.9 Å². The van der Waals surface area contributed by atoms with E-state index in [-0.39, 0.29) is 30.7 Å². The van der Waals surface area contributed by atoms with E-state index in [0.717, 1.165) is 0 Å². The molecule has 0 amide bonds. The van der Waals surface area contributed by atoms with Gasteiger partial charge in [-0.15, -0.1) is 0 Å². The summed E-state index contributed by atoms with van der Waals surface area (Å²) in [7, 11) is 0. The van der Waals surface area contributed by atoms with Gasteiger partial charge in [0.25, 0.3) is 5.89 Å². The third-order valence-corrected chi connectivity index (χ3v) is 4.63. The van der Waals surface area contributed by atoms with E-state index in [1.807, 2.05) is 13.8 Å². The molecule has 6 nitrogen and oxygen atoms in total. The second kappa shape index (κ2) is 8.68. The van der Waals surface area contributed by atoms with Crippen molar-refractivity contribution in [2.24, 2.45) is 0 Å². The molecular formula is C24H26N4O2. The maximum absolute atomic E-state index is 8.91. The molecule has 3 aromatic rings. The van der Waals surface area contributed by atoms with Crippen molar-refractivity contribution in [2.45, 2.75) is 52.1 Å². The number of rotatable bonds is 7. The number of benzene rings is 2. The Morgan fingerprint density at radius 1 is 1.43 bits per heavy atom. The van der Waals surface area contributed by atoms with Gasteiger partial charge in [-0.1, -0.05) is 30.3 Å². The highest BCUT2D eigenvalue weighted by atomic mass is 16.5. The van der Waals surface area contributed by atoms with Crippen LogP contribution >= 0.6 is 0 Å². The van der Waals surface area contributed by atoms with Crippen LogP contribution in [0, 0.1) is 6.57 Å². The Labute approximate surface area is 184 Å². The van der Waals surface area contributed by atoms with E-state index in [1.165, 1.54) is 0 Å². The average Bonchev–Trinajstić information content (AvgIpc) is 3.35. The molecule has 1 aromatic heterocycles. The van der Waals surface area contributed by atoms with Crippen LogP contribution < -0.4 is 10.1 Å². The predicted octanol–water partition coefficient (Wildman–Crippen LogP) is 5.73. The lowest BCUT2D eigenvalue weighted by atomic mass is 10.0. The molecule has 0 bridgehead atoms. The van der Waals surface area contributed by atoms with Gasteiger partial charge in [-0.2, -0.15) is 4.98 Å². The highest BCUT2D eigenvalue weighted by Crippen LogP contribution is 2.38. The van der Waals surface area contributed by atoms with E-state index in [4.69, 9.17) is 22.7 Å². The third kappa shape index (κ3) is 3.94. The van der Waals surface area contributed by atoms with Crippen LogP contribution in [0.3, 0.4) is 0 Å². The highest BCUT2D eigenvalue weighted by Gasteiger charge is 2.26. The average molecular weight is 408 g/mol. The van der Waals surface area contributed by atoms with Crippen molar-refractivity contribution in [1.29, 1.82) is 0 Å². The fourth-order valence-electron chi connectivity index (χ4n) is 3.32. The molecule has 0 spiro atoms. The van der Waals surface area contributed by atoms with Crippen LogP contribution in [-0.4, -0.2) is 22.7 Å². The van der Waals surface area contributed by atoms with Crippen molar-refractivity contribution in [3.8, 4) is 28.6 Å². The van der Waals surface area contributed by atoms with Crippen LogP contribution in [0.25, 0.3) is 27.7 Å². The molecule has 30 heavy (non-hydrogen) atoms. The summed E-state index contributed by atoms with van der Waals surface area (Å²) in [6.07, 6.45) is -2.18. The van der Waals surface area contributed by atoms with Crippen molar-refractivity contribution in [3.05, 3.63) is 58.9 Å². The molecule has 2 aromatic carbocycles. The summed E-state index contributed by atoms with van der Waals surface area (Å²) in [4.78, 5) is 8.01. The fourth-order valence-corrected chi connectivity index (χ4v) is 3.32. The second-order valence-electron chi connectivity index (χ2n) is 7.10. The van der Waals surface area contributed by atoms with E-state index in [1.54, 1.807) is 43.3 Å². The predicted molar refractivity (Wildman–Crippen MR) is 117 cm³/mol. The van der Waals surface area contributed by atoms with Gasteiger partial charge in [0.05, 0.1) is 14.0 Å². The van der Waals surface area contributed by atoms with Crippen molar-refractivity contribution < 1.29 is 16.1 Å². The molecular weight excluding hydrogens is 376 g/mol.